The minimum atomic E-state index is 0.576. The van der Waals surface area contributed by atoms with E-state index in [9.17, 15) is 0 Å². The second kappa shape index (κ2) is 8.90. The lowest BCUT2D eigenvalue weighted by molar-refractivity contribution is 0.0446. The SMILES string of the molecule is COc1ccc(OCCOCC2CCCCC2CN)cc1. The van der Waals surface area contributed by atoms with E-state index in [1.165, 1.54) is 25.7 Å². The van der Waals surface area contributed by atoms with Crippen LogP contribution in [0.3, 0.4) is 0 Å². The fraction of sp³-hybridized carbons (Fsp3) is 0.647. The van der Waals surface area contributed by atoms with Crippen molar-refractivity contribution in [2.75, 3.05) is 33.5 Å². The minimum absolute atomic E-state index is 0.576. The van der Waals surface area contributed by atoms with E-state index in [0.29, 0.717) is 25.0 Å². The Morgan fingerprint density at radius 3 is 2.33 bits per heavy atom. The lowest BCUT2D eigenvalue weighted by Gasteiger charge is -2.30. The van der Waals surface area contributed by atoms with Crippen molar-refractivity contribution >= 4 is 0 Å². The number of methoxy groups -OCH3 is 1. The molecular formula is C17H27NO3. The van der Waals surface area contributed by atoms with Gasteiger partial charge in [-0.1, -0.05) is 12.8 Å². The van der Waals surface area contributed by atoms with Gasteiger partial charge < -0.3 is 19.9 Å². The van der Waals surface area contributed by atoms with Crippen LogP contribution in [0.25, 0.3) is 0 Å². The summed E-state index contributed by atoms with van der Waals surface area (Å²) < 4.78 is 16.5. The molecule has 0 bridgehead atoms. The van der Waals surface area contributed by atoms with Crippen molar-refractivity contribution in [1.82, 2.24) is 0 Å². The molecule has 21 heavy (non-hydrogen) atoms. The van der Waals surface area contributed by atoms with Gasteiger partial charge in [0.2, 0.25) is 0 Å². The molecule has 2 unspecified atom stereocenters. The summed E-state index contributed by atoms with van der Waals surface area (Å²) in [6, 6.07) is 7.60. The zero-order chi connectivity index (χ0) is 14.9. The molecule has 1 aromatic rings. The summed E-state index contributed by atoms with van der Waals surface area (Å²) in [5.74, 6) is 2.95. The molecule has 2 N–H and O–H groups in total. The van der Waals surface area contributed by atoms with Crippen molar-refractivity contribution in [3.63, 3.8) is 0 Å². The standard InChI is InChI=1S/C17H27NO3/c1-19-16-6-8-17(9-7-16)21-11-10-20-13-15-5-3-2-4-14(15)12-18/h6-9,14-15H,2-5,10-13,18H2,1H3. The van der Waals surface area contributed by atoms with Crippen molar-refractivity contribution in [3.05, 3.63) is 24.3 Å². The summed E-state index contributed by atoms with van der Waals surface area (Å²) in [7, 11) is 1.66. The molecule has 1 saturated carbocycles. The molecule has 1 aliphatic carbocycles. The predicted molar refractivity (Wildman–Crippen MR) is 83.8 cm³/mol. The molecule has 2 atom stereocenters. The second-order valence-corrected chi connectivity index (χ2v) is 5.64. The van der Waals surface area contributed by atoms with Gasteiger partial charge in [0.25, 0.3) is 0 Å². The van der Waals surface area contributed by atoms with Gasteiger partial charge in [0.1, 0.15) is 18.1 Å². The first kappa shape index (κ1) is 16.1. The Hall–Kier alpha value is -1.26. The Kier molecular flexibility index (Phi) is 6.83. The molecule has 2 rings (SSSR count). The molecule has 1 fully saturated rings. The van der Waals surface area contributed by atoms with Gasteiger partial charge in [-0.05, 0) is 55.5 Å². The third-order valence-electron chi connectivity index (χ3n) is 4.26. The zero-order valence-electron chi connectivity index (χ0n) is 12.9. The monoisotopic (exact) mass is 293 g/mol. The van der Waals surface area contributed by atoms with E-state index >= 15 is 0 Å². The van der Waals surface area contributed by atoms with Gasteiger partial charge in [-0.3, -0.25) is 0 Å². The Labute approximate surface area is 127 Å². The van der Waals surface area contributed by atoms with Gasteiger partial charge in [-0.2, -0.15) is 0 Å². The number of nitrogens with two attached hydrogens (primary N) is 1. The Balaban J connectivity index is 1.60. The molecule has 4 heteroatoms. The maximum Gasteiger partial charge on any atom is 0.119 e. The van der Waals surface area contributed by atoms with Crippen LogP contribution in [0.5, 0.6) is 11.5 Å². The van der Waals surface area contributed by atoms with Crippen molar-refractivity contribution in [2.45, 2.75) is 25.7 Å². The largest absolute Gasteiger partial charge is 0.497 e. The van der Waals surface area contributed by atoms with Crippen molar-refractivity contribution < 1.29 is 14.2 Å². The Morgan fingerprint density at radius 1 is 1.00 bits per heavy atom. The number of hydrogen-bond acceptors (Lipinski definition) is 4. The van der Waals surface area contributed by atoms with E-state index in [-0.39, 0.29) is 0 Å². The van der Waals surface area contributed by atoms with Gasteiger partial charge in [-0.15, -0.1) is 0 Å². The number of rotatable bonds is 8. The van der Waals surface area contributed by atoms with Crippen LogP contribution >= 0.6 is 0 Å². The highest BCUT2D eigenvalue weighted by molar-refractivity contribution is 5.31. The van der Waals surface area contributed by atoms with Crippen molar-refractivity contribution in [2.24, 2.45) is 17.6 Å². The first-order chi connectivity index (χ1) is 10.3. The Morgan fingerprint density at radius 2 is 1.67 bits per heavy atom. The summed E-state index contributed by atoms with van der Waals surface area (Å²) in [6.45, 7) is 2.80. The van der Waals surface area contributed by atoms with Crippen LogP contribution in [0.1, 0.15) is 25.7 Å². The highest BCUT2D eigenvalue weighted by Gasteiger charge is 2.23. The van der Waals surface area contributed by atoms with Crippen molar-refractivity contribution in [3.8, 4) is 11.5 Å². The van der Waals surface area contributed by atoms with E-state index in [0.717, 1.165) is 24.7 Å². The molecular weight excluding hydrogens is 266 g/mol. The number of hydrogen-bond donors (Lipinski definition) is 1. The van der Waals surface area contributed by atoms with Crippen LogP contribution < -0.4 is 15.2 Å². The molecule has 0 amide bonds. The van der Waals surface area contributed by atoms with Gasteiger partial charge >= 0.3 is 0 Å². The highest BCUT2D eigenvalue weighted by atomic mass is 16.5. The van der Waals surface area contributed by atoms with E-state index < -0.39 is 0 Å². The second-order valence-electron chi connectivity index (χ2n) is 5.64. The molecule has 0 spiro atoms. The van der Waals surface area contributed by atoms with Crippen molar-refractivity contribution in [1.29, 1.82) is 0 Å². The lowest BCUT2D eigenvalue weighted by Crippen LogP contribution is -2.30. The van der Waals surface area contributed by atoms with Gasteiger partial charge in [0.05, 0.1) is 13.7 Å². The van der Waals surface area contributed by atoms with Gasteiger partial charge in [0, 0.05) is 6.61 Å². The molecule has 1 aromatic carbocycles. The summed E-state index contributed by atoms with van der Waals surface area (Å²) in [5, 5.41) is 0. The molecule has 0 heterocycles. The van der Waals surface area contributed by atoms with Gasteiger partial charge in [-0.25, -0.2) is 0 Å². The average Bonchev–Trinajstić information content (AvgIpc) is 2.55. The molecule has 1 aliphatic rings. The summed E-state index contributed by atoms with van der Waals surface area (Å²) in [5.41, 5.74) is 5.83. The molecule has 118 valence electrons. The summed E-state index contributed by atoms with van der Waals surface area (Å²) in [6.07, 6.45) is 5.14. The van der Waals surface area contributed by atoms with Crippen LogP contribution in [0.4, 0.5) is 0 Å². The fourth-order valence-electron chi connectivity index (χ4n) is 2.94. The van der Waals surface area contributed by atoms with E-state index in [1.807, 2.05) is 24.3 Å². The predicted octanol–water partition coefficient (Wildman–Crippen LogP) is 2.86. The maximum absolute atomic E-state index is 5.83. The molecule has 0 radical (unpaired) electrons. The first-order valence-electron chi connectivity index (χ1n) is 7.88. The normalized spacial score (nSPS) is 22.0. The van der Waals surface area contributed by atoms with Gasteiger partial charge in [0.15, 0.2) is 0 Å². The molecule has 0 aromatic heterocycles. The lowest BCUT2D eigenvalue weighted by atomic mass is 9.80. The summed E-state index contributed by atoms with van der Waals surface area (Å²) in [4.78, 5) is 0. The quantitative estimate of drug-likeness (QED) is 0.749. The van der Waals surface area contributed by atoms with Crippen LogP contribution in [0.2, 0.25) is 0 Å². The smallest absolute Gasteiger partial charge is 0.119 e. The van der Waals surface area contributed by atoms with Crippen LogP contribution in [0, 0.1) is 11.8 Å². The van der Waals surface area contributed by atoms with Crippen LogP contribution in [-0.4, -0.2) is 33.5 Å². The number of benzene rings is 1. The average molecular weight is 293 g/mol. The zero-order valence-corrected chi connectivity index (χ0v) is 12.9. The van der Waals surface area contributed by atoms with E-state index in [2.05, 4.69) is 0 Å². The maximum atomic E-state index is 5.83. The highest BCUT2D eigenvalue weighted by Crippen LogP contribution is 2.29. The third kappa shape index (κ3) is 5.21. The Bertz CT molecular complexity index is 394. The topological polar surface area (TPSA) is 53.7 Å². The fourth-order valence-corrected chi connectivity index (χ4v) is 2.94. The summed E-state index contributed by atoms with van der Waals surface area (Å²) >= 11 is 0. The molecule has 0 aliphatic heterocycles. The van der Waals surface area contributed by atoms with Crippen LogP contribution in [0.15, 0.2) is 24.3 Å². The minimum Gasteiger partial charge on any atom is -0.497 e. The third-order valence-corrected chi connectivity index (χ3v) is 4.26. The van der Waals surface area contributed by atoms with Crippen LogP contribution in [-0.2, 0) is 4.74 Å². The van der Waals surface area contributed by atoms with E-state index in [1.54, 1.807) is 7.11 Å². The molecule has 0 saturated heterocycles. The molecule has 4 nitrogen and oxygen atoms in total. The number of ether oxygens (including phenoxy) is 3. The van der Waals surface area contributed by atoms with E-state index in [4.69, 9.17) is 19.9 Å². The first-order valence-corrected chi connectivity index (χ1v) is 7.88.